The highest BCUT2D eigenvalue weighted by Gasteiger charge is 2.27. The smallest absolute Gasteiger partial charge is 0.131 e. The van der Waals surface area contributed by atoms with Crippen LogP contribution in [0.5, 0.6) is 0 Å². The lowest BCUT2D eigenvalue weighted by molar-refractivity contribution is 0.169. The molecule has 0 aliphatic carbocycles. The van der Waals surface area contributed by atoms with E-state index in [1.54, 1.807) is 0 Å². The summed E-state index contributed by atoms with van der Waals surface area (Å²) < 4.78 is 0. The van der Waals surface area contributed by atoms with Crippen LogP contribution in [0.15, 0.2) is 18.2 Å². The molecule has 0 spiro atoms. The van der Waals surface area contributed by atoms with Gasteiger partial charge in [0.1, 0.15) is 11.6 Å². The van der Waals surface area contributed by atoms with Gasteiger partial charge in [0.15, 0.2) is 0 Å². The Morgan fingerprint density at radius 2 is 1.75 bits per heavy atom. The molecule has 4 heteroatoms. The minimum Gasteiger partial charge on any atom is -0.365 e. The number of nitrogens with one attached hydrogen (secondary N) is 1. The van der Waals surface area contributed by atoms with E-state index in [9.17, 15) is 0 Å². The van der Waals surface area contributed by atoms with Gasteiger partial charge in [-0.15, -0.1) is 0 Å². The Morgan fingerprint density at radius 1 is 1.15 bits per heavy atom. The van der Waals surface area contributed by atoms with Gasteiger partial charge < -0.3 is 10.2 Å². The fraction of sp³-hybridized carbons (Fsp3) is 0.688. The molecule has 1 aromatic heterocycles. The molecular weight excluding hydrogens is 248 g/mol. The molecule has 1 aliphatic heterocycles. The predicted octanol–water partition coefficient (Wildman–Crippen LogP) is 2.82. The zero-order chi connectivity index (χ0) is 14.9. The molecule has 4 nitrogen and oxygen atoms in total. The lowest BCUT2D eigenvalue weighted by Gasteiger charge is -2.43. The molecule has 0 bridgehead atoms. The predicted molar refractivity (Wildman–Crippen MR) is 86.5 cm³/mol. The average molecular weight is 276 g/mol. The zero-order valence-electron chi connectivity index (χ0n) is 13.6. The number of piperazine rings is 1. The summed E-state index contributed by atoms with van der Waals surface area (Å²) in [5.41, 5.74) is 0.0360. The standard InChI is InChI=1S/C16H28N4/c1-12-10-20(11-13(2)19(12)6)15-9-7-8-14(17-15)18-16(3,4)5/h7-9,12-13H,10-11H2,1-6H3,(H,17,18). The second kappa shape index (κ2) is 5.60. The normalized spacial score (nSPS) is 24.8. The third kappa shape index (κ3) is 3.63. The average Bonchev–Trinajstić information content (AvgIpc) is 2.33. The molecule has 0 radical (unpaired) electrons. The third-order valence-electron chi connectivity index (χ3n) is 3.92. The summed E-state index contributed by atoms with van der Waals surface area (Å²) in [6, 6.07) is 7.35. The SMILES string of the molecule is CC1CN(c2cccc(NC(C)(C)C)n2)CC(C)N1C. The van der Waals surface area contributed by atoms with Crippen LogP contribution in [0, 0.1) is 0 Å². The highest BCUT2D eigenvalue weighted by molar-refractivity contribution is 5.48. The summed E-state index contributed by atoms with van der Waals surface area (Å²) in [7, 11) is 2.21. The minimum atomic E-state index is 0.0360. The van der Waals surface area contributed by atoms with Gasteiger partial charge in [-0.25, -0.2) is 4.98 Å². The first-order chi connectivity index (χ1) is 9.26. The number of anilines is 2. The van der Waals surface area contributed by atoms with Gasteiger partial charge in [-0.1, -0.05) is 6.07 Å². The van der Waals surface area contributed by atoms with Crippen molar-refractivity contribution in [2.45, 2.75) is 52.2 Å². The molecule has 0 amide bonds. The van der Waals surface area contributed by atoms with Crippen LogP contribution in [0.2, 0.25) is 0 Å². The largest absolute Gasteiger partial charge is 0.365 e. The van der Waals surface area contributed by atoms with E-state index in [-0.39, 0.29) is 5.54 Å². The van der Waals surface area contributed by atoms with Crippen LogP contribution in [0.4, 0.5) is 11.6 Å². The van der Waals surface area contributed by atoms with Crippen molar-refractivity contribution in [3.63, 3.8) is 0 Å². The maximum absolute atomic E-state index is 4.77. The quantitative estimate of drug-likeness (QED) is 0.900. The summed E-state index contributed by atoms with van der Waals surface area (Å²) in [5.74, 6) is 2.03. The Bertz CT molecular complexity index is 440. The maximum atomic E-state index is 4.77. The fourth-order valence-corrected chi connectivity index (χ4v) is 2.64. The van der Waals surface area contributed by atoms with Crippen molar-refractivity contribution in [3.8, 4) is 0 Å². The Morgan fingerprint density at radius 3 is 2.30 bits per heavy atom. The summed E-state index contributed by atoms with van der Waals surface area (Å²) in [4.78, 5) is 9.60. The fourth-order valence-electron chi connectivity index (χ4n) is 2.64. The molecule has 1 N–H and O–H groups in total. The van der Waals surface area contributed by atoms with Crippen molar-refractivity contribution in [1.82, 2.24) is 9.88 Å². The van der Waals surface area contributed by atoms with Crippen molar-refractivity contribution in [3.05, 3.63) is 18.2 Å². The molecule has 2 heterocycles. The van der Waals surface area contributed by atoms with E-state index in [1.807, 2.05) is 6.07 Å². The van der Waals surface area contributed by atoms with Gasteiger partial charge in [0, 0.05) is 30.7 Å². The number of aromatic nitrogens is 1. The first kappa shape index (κ1) is 15.1. The zero-order valence-corrected chi connectivity index (χ0v) is 13.6. The maximum Gasteiger partial charge on any atom is 0.131 e. The first-order valence-corrected chi connectivity index (χ1v) is 7.48. The second-order valence-corrected chi connectivity index (χ2v) is 7.02. The van der Waals surface area contributed by atoms with E-state index in [0.29, 0.717) is 12.1 Å². The van der Waals surface area contributed by atoms with E-state index in [2.05, 4.69) is 68.9 Å². The summed E-state index contributed by atoms with van der Waals surface area (Å²) in [6.45, 7) is 13.1. The number of hydrogen-bond donors (Lipinski definition) is 1. The van der Waals surface area contributed by atoms with E-state index >= 15 is 0 Å². The summed E-state index contributed by atoms with van der Waals surface area (Å²) in [5, 5.41) is 3.44. The highest BCUT2D eigenvalue weighted by atomic mass is 15.3. The molecule has 1 aliphatic rings. The number of pyridine rings is 1. The molecule has 1 fully saturated rings. The van der Waals surface area contributed by atoms with Gasteiger partial charge in [0.2, 0.25) is 0 Å². The van der Waals surface area contributed by atoms with Crippen molar-refractivity contribution in [2.24, 2.45) is 0 Å². The van der Waals surface area contributed by atoms with E-state index < -0.39 is 0 Å². The van der Waals surface area contributed by atoms with Crippen LogP contribution < -0.4 is 10.2 Å². The first-order valence-electron chi connectivity index (χ1n) is 7.48. The van der Waals surface area contributed by atoms with Gasteiger partial charge in [-0.3, -0.25) is 4.90 Å². The molecule has 1 saturated heterocycles. The van der Waals surface area contributed by atoms with Crippen LogP contribution in [0.3, 0.4) is 0 Å². The van der Waals surface area contributed by atoms with Gasteiger partial charge in [0.25, 0.3) is 0 Å². The number of rotatable bonds is 2. The van der Waals surface area contributed by atoms with E-state index in [4.69, 9.17) is 4.98 Å². The van der Waals surface area contributed by atoms with Crippen molar-refractivity contribution >= 4 is 11.6 Å². The number of likely N-dealkylation sites (N-methyl/N-ethyl adjacent to an activating group) is 1. The van der Waals surface area contributed by atoms with Crippen LogP contribution in [-0.4, -0.2) is 47.6 Å². The van der Waals surface area contributed by atoms with Crippen LogP contribution in [0.25, 0.3) is 0 Å². The molecule has 0 saturated carbocycles. The van der Waals surface area contributed by atoms with Crippen molar-refractivity contribution in [1.29, 1.82) is 0 Å². The van der Waals surface area contributed by atoms with Gasteiger partial charge in [0.05, 0.1) is 0 Å². The van der Waals surface area contributed by atoms with Crippen molar-refractivity contribution in [2.75, 3.05) is 30.4 Å². The van der Waals surface area contributed by atoms with Crippen LogP contribution in [-0.2, 0) is 0 Å². The van der Waals surface area contributed by atoms with Crippen LogP contribution in [0.1, 0.15) is 34.6 Å². The molecule has 2 unspecified atom stereocenters. The number of nitrogens with zero attached hydrogens (tertiary/aromatic N) is 3. The second-order valence-electron chi connectivity index (χ2n) is 7.02. The molecule has 112 valence electrons. The molecule has 1 aromatic rings. The topological polar surface area (TPSA) is 31.4 Å². The molecule has 20 heavy (non-hydrogen) atoms. The van der Waals surface area contributed by atoms with E-state index in [0.717, 1.165) is 24.7 Å². The molecule has 2 atom stereocenters. The monoisotopic (exact) mass is 276 g/mol. The van der Waals surface area contributed by atoms with Gasteiger partial charge >= 0.3 is 0 Å². The highest BCUT2D eigenvalue weighted by Crippen LogP contribution is 2.22. The molecule has 0 aromatic carbocycles. The summed E-state index contributed by atoms with van der Waals surface area (Å²) >= 11 is 0. The van der Waals surface area contributed by atoms with Gasteiger partial charge in [-0.05, 0) is 53.8 Å². The van der Waals surface area contributed by atoms with Gasteiger partial charge in [-0.2, -0.15) is 0 Å². The van der Waals surface area contributed by atoms with Crippen molar-refractivity contribution < 1.29 is 0 Å². The Kier molecular flexibility index (Phi) is 4.23. The third-order valence-corrected chi connectivity index (χ3v) is 3.92. The number of hydrogen-bond acceptors (Lipinski definition) is 4. The minimum absolute atomic E-state index is 0.0360. The lowest BCUT2D eigenvalue weighted by atomic mass is 10.1. The Hall–Kier alpha value is -1.29. The van der Waals surface area contributed by atoms with Crippen LogP contribution >= 0.6 is 0 Å². The lowest BCUT2D eigenvalue weighted by Crippen LogP contribution is -2.55. The molecule has 2 rings (SSSR count). The Balaban J connectivity index is 2.15. The molecular formula is C16H28N4. The summed E-state index contributed by atoms with van der Waals surface area (Å²) in [6.07, 6.45) is 0. The Labute approximate surface area is 123 Å². The van der Waals surface area contributed by atoms with E-state index in [1.165, 1.54) is 0 Å².